The molecule has 0 aliphatic heterocycles. The van der Waals surface area contributed by atoms with Crippen LogP contribution in [0.25, 0.3) is 0 Å². The lowest BCUT2D eigenvalue weighted by Crippen LogP contribution is -2.40. The van der Waals surface area contributed by atoms with E-state index in [-0.39, 0.29) is 18.8 Å². The normalized spacial score (nSPS) is 17.5. The molecule has 3 N–H and O–H groups in total. The van der Waals surface area contributed by atoms with Crippen LogP contribution < -0.4 is 10.0 Å². The van der Waals surface area contributed by atoms with Gasteiger partial charge < -0.3 is 10.4 Å². The molecule has 0 unspecified atom stereocenters. The Morgan fingerprint density at radius 2 is 1.94 bits per heavy atom. The van der Waals surface area contributed by atoms with Crippen molar-refractivity contribution in [3.05, 3.63) is 0 Å². The lowest BCUT2D eigenvalue weighted by molar-refractivity contribution is -0.148. The van der Waals surface area contributed by atoms with Gasteiger partial charge in [-0.2, -0.15) is 0 Å². The number of hydrogen-bond donors (Lipinski definition) is 3. The second-order valence-corrected chi connectivity index (χ2v) is 5.89. The van der Waals surface area contributed by atoms with E-state index >= 15 is 0 Å². The number of carbonyl (C=O) groups excluding carboxylic acids is 1. The highest BCUT2D eigenvalue weighted by Crippen LogP contribution is 2.45. The number of hydrogen-bond acceptors (Lipinski definition) is 4. The van der Waals surface area contributed by atoms with Gasteiger partial charge >= 0.3 is 5.97 Å². The maximum absolute atomic E-state index is 11.5. The number of nitrogens with one attached hydrogen (secondary N) is 2. The summed E-state index contributed by atoms with van der Waals surface area (Å²) in [5.74, 6) is -2.00. The van der Waals surface area contributed by atoms with Crippen molar-refractivity contribution < 1.29 is 23.1 Å². The minimum atomic E-state index is -3.38. The Hall–Kier alpha value is -1.15. The summed E-state index contributed by atoms with van der Waals surface area (Å²) < 4.78 is 24.7. The van der Waals surface area contributed by atoms with Gasteiger partial charge in [0.15, 0.2) is 0 Å². The maximum atomic E-state index is 11.5. The van der Waals surface area contributed by atoms with Gasteiger partial charge in [-0.05, 0) is 12.8 Å². The second kappa shape index (κ2) is 5.01. The van der Waals surface area contributed by atoms with E-state index in [0.717, 1.165) is 0 Å². The zero-order chi connectivity index (χ0) is 13.1. The van der Waals surface area contributed by atoms with Crippen LogP contribution in [0.15, 0.2) is 0 Å². The van der Waals surface area contributed by atoms with Gasteiger partial charge in [0.2, 0.25) is 15.9 Å². The van der Waals surface area contributed by atoms with Crippen LogP contribution in [0.3, 0.4) is 0 Å². The molecular formula is C9H16N2O5S. The standard InChI is InChI=1S/C9H16N2O5S/c1-2-11-17(15,16)6-5-10-7(12)9(3-4-9)8(13)14/h11H,2-6H2,1H3,(H,10,12)(H,13,14). The van der Waals surface area contributed by atoms with Crippen molar-refractivity contribution in [1.29, 1.82) is 0 Å². The number of sulfonamides is 1. The van der Waals surface area contributed by atoms with Crippen molar-refractivity contribution >= 4 is 21.9 Å². The quantitative estimate of drug-likeness (QED) is 0.506. The van der Waals surface area contributed by atoms with Gasteiger partial charge in [0.05, 0.1) is 5.75 Å². The molecule has 0 aromatic rings. The Morgan fingerprint density at radius 3 is 2.35 bits per heavy atom. The van der Waals surface area contributed by atoms with E-state index in [2.05, 4.69) is 10.0 Å². The van der Waals surface area contributed by atoms with Crippen LogP contribution in [-0.4, -0.2) is 44.2 Å². The summed E-state index contributed by atoms with van der Waals surface area (Å²) in [6, 6.07) is 0. The molecule has 1 fully saturated rings. The van der Waals surface area contributed by atoms with Crippen molar-refractivity contribution in [1.82, 2.24) is 10.0 Å². The monoisotopic (exact) mass is 264 g/mol. The van der Waals surface area contributed by atoms with Gasteiger partial charge in [0.1, 0.15) is 5.41 Å². The Morgan fingerprint density at radius 1 is 1.35 bits per heavy atom. The summed E-state index contributed by atoms with van der Waals surface area (Å²) in [6.07, 6.45) is 0.627. The van der Waals surface area contributed by atoms with E-state index in [9.17, 15) is 18.0 Å². The fourth-order valence-electron chi connectivity index (χ4n) is 1.42. The van der Waals surface area contributed by atoms with E-state index in [0.29, 0.717) is 12.8 Å². The molecule has 0 spiro atoms. The molecule has 0 heterocycles. The highest BCUT2D eigenvalue weighted by molar-refractivity contribution is 7.89. The number of carboxylic acids is 1. The Balaban J connectivity index is 2.38. The first-order valence-electron chi connectivity index (χ1n) is 5.33. The van der Waals surface area contributed by atoms with Crippen molar-refractivity contribution in [2.24, 2.45) is 5.41 Å². The fraction of sp³-hybridized carbons (Fsp3) is 0.778. The molecule has 1 amide bonds. The first-order valence-corrected chi connectivity index (χ1v) is 6.98. The summed E-state index contributed by atoms with van der Waals surface area (Å²) in [4.78, 5) is 22.3. The van der Waals surface area contributed by atoms with Crippen LogP contribution in [0.1, 0.15) is 19.8 Å². The van der Waals surface area contributed by atoms with Crippen molar-refractivity contribution in [2.75, 3.05) is 18.8 Å². The molecule has 1 rings (SSSR count). The van der Waals surface area contributed by atoms with Crippen LogP contribution >= 0.6 is 0 Å². The lowest BCUT2D eigenvalue weighted by Gasteiger charge is -2.10. The Bertz CT molecular complexity index is 413. The van der Waals surface area contributed by atoms with Crippen molar-refractivity contribution in [3.63, 3.8) is 0 Å². The number of carboxylic acid groups (broad SMARTS) is 1. The van der Waals surface area contributed by atoms with E-state index < -0.39 is 27.3 Å². The third-order valence-electron chi connectivity index (χ3n) is 2.61. The van der Waals surface area contributed by atoms with Crippen LogP contribution in [0.4, 0.5) is 0 Å². The van der Waals surface area contributed by atoms with E-state index in [1.807, 2.05) is 0 Å². The number of carbonyl (C=O) groups is 2. The summed E-state index contributed by atoms with van der Waals surface area (Å²) >= 11 is 0. The van der Waals surface area contributed by atoms with Gasteiger partial charge in [-0.1, -0.05) is 6.92 Å². The molecule has 0 radical (unpaired) electrons. The average molecular weight is 264 g/mol. The van der Waals surface area contributed by atoms with Gasteiger partial charge in [0, 0.05) is 13.1 Å². The highest BCUT2D eigenvalue weighted by atomic mass is 32.2. The minimum absolute atomic E-state index is 0.0802. The maximum Gasteiger partial charge on any atom is 0.319 e. The van der Waals surface area contributed by atoms with Crippen molar-refractivity contribution in [2.45, 2.75) is 19.8 Å². The predicted octanol–water partition coefficient (Wildman–Crippen LogP) is -1.09. The zero-order valence-corrected chi connectivity index (χ0v) is 10.3. The first-order chi connectivity index (χ1) is 7.84. The topological polar surface area (TPSA) is 113 Å². The molecule has 0 bridgehead atoms. The molecule has 17 heavy (non-hydrogen) atoms. The van der Waals surface area contributed by atoms with Crippen LogP contribution in [0, 0.1) is 5.41 Å². The number of rotatable bonds is 7. The molecule has 8 heteroatoms. The fourth-order valence-corrected chi connectivity index (χ4v) is 2.38. The lowest BCUT2D eigenvalue weighted by atomic mass is 10.1. The van der Waals surface area contributed by atoms with Gasteiger partial charge in [-0.15, -0.1) is 0 Å². The van der Waals surface area contributed by atoms with E-state index in [4.69, 9.17) is 5.11 Å². The van der Waals surface area contributed by atoms with Crippen LogP contribution in [0.2, 0.25) is 0 Å². The third-order valence-corrected chi connectivity index (χ3v) is 4.08. The summed E-state index contributed by atoms with van der Waals surface area (Å²) in [7, 11) is -3.38. The van der Waals surface area contributed by atoms with Crippen LogP contribution in [-0.2, 0) is 19.6 Å². The summed E-state index contributed by atoms with van der Waals surface area (Å²) in [5, 5.41) is 11.2. The number of aliphatic carboxylic acids is 1. The molecule has 0 saturated heterocycles. The molecule has 0 aromatic heterocycles. The molecular weight excluding hydrogens is 248 g/mol. The molecule has 98 valence electrons. The highest BCUT2D eigenvalue weighted by Gasteiger charge is 2.56. The largest absolute Gasteiger partial charge is 0.480 e. The molecule has 1 saturated carbocycles. The van der Waals surface area contributed by atoms with Gasteiger partial charge in [-0.25, -0.2) is 13.1 Å². The van der Waals surface area contributed by atoms with Gasteiger partial charge in [-0.3, -0.25) is 9.59 Å². The smallest absolute Gasteiger partial charge is 0.319 e. The first kappa shape index (κ1) is 13.9. The Kier molecular flexibility index (Phi) is 4.10. The molecule has 1 aliphatic carbocycles. The predicted molar refractivity (Wildman–Crippen MR) is 59.8 cm³/mol. The van der Waals surface area contributed by atoms with E-state index in [1.54, 1.807) is 6.92 Å². The number of amides is 1. The SMILES string of the molecule is CCNS(=O)(=O)CCNC(=O)C1(C(=O)O)CC1. The third kappa shape index (κ3) is 3.40. The van der Waals surface area contributed by atoms with E-state index in [1.165, 1.54) is 0 Å². The van der Waals surface area contributed by atoms with Crippen molar-refractivity contribution in [3.8, 4) is 0 Å². The summed E-state index contributed by atoms with van der Waals surface area (Å²) in [6.45, 7) is 1.86. The molecule has 1 aliphatic rings. The summed E-state index contributed by atoms with van der Waals surface area (Å²) in [5.41, 5.74) is -1.32. The van der Waals surface area contributed by atoms with Gasteiger partial charge in [0.25, 0.3) is 0 Å². The minimum Gasteiger partial charge on any atom is -0.480 e. The zero-order valence-electron chi connectivity index (χ0n) is 9.52. The molecule has 7 nitrogen and oxygen atoms in total. The Labute approximate surface area is 99.6 Å². The van der Waals surface area contributed by atoms with Crippen LogP contribution in [0.5, 0.6) is 0 Å². The average Bonchev–Trinajstić information content (AvgIpc) is 2.97. The second-order valence-electron chi connectivity index (χ2n) is 3.96. The molecule has 0 aromatic carbocycles. The molecule has 0 atom stereocenters.